The van der Waals surface area contributed by atoms with Crippen LogP contribution in [0.4, 0.5) is 0 Å². The first-order valence-corrected chi connectivity index (χ1v) is 14.8. The zero-order chi connectivity index (χ0) is 25.7. The van der Waals surface area contributed by atoms with Crippen molar-refractivity contribution >= 4 is 25.9 Å². The van der Waals surface area contributed by atoms with Gasteiger partial charge in [-0.05, 0) is 71.4 Å². The van der Waals surface area contributed by atoms with Gasteiger partial charge in [-0.2, -0.15) is 4.31 Å². The first kappa shape index (κ1) is 24.7. The molecule has 0 saturated carbocycles. The second-order valence-electron chi connectivity index (χ2n) is 10.1. The first-order chi connectivity index (χ1) is 17.0. The van der Waals surface area contributed by atoms with Gasteiger partial charge in [-0.3, -0.25) is 0 Å². The van der Waals surface area contributed by atoms with Gasteiger partial charge in [0.1, 0.15) is 0 Å². The molecule has 0 unspecified atom stereocenters. The number of benzene rings is 3. The van der Waals surface area contributed by atoms with E-state index in [1.807, 2.05) is 31.2 Å². The fourth-order valence-corrected chi connectivity index (χ4v) is 8.22. The van der Waals surface area contributed by atoms with E-state index in [-0.39, 0.29) is 33.2 Å². The molecule has 5 rings (SSSR count). The minimum atomic E-state index is -3.94. The van der Waals surface area contributed by atoms with E-state index < -0.39 is 19.9 Å². The molecule has 7 heteroatoms. The van der Waals surface area contributed by atoms with Crippen LogP contribution in [-0.2, 0) is 25.3 Å². The number of sulfonamides is 1. The van der Waals surface area contributed by atoms with Gasteiger partial charge < -0.3 is 0 Å². The van der Waals surface area contributed by atoms with Crippen LogP contribution >= 0.6 is 0 Å². The van der Waals surface area contributed by atoms with Gasteiger partial charge >= 0.3 is 0 Å². The third kappa shape index (κ3) is 4.25. The molecule has 3 aromatic rings. The largest absolute Gasteiger partial charge is 0.243 e. The van der Waals surface area contributed by atoms with Crippen molar-refractivity contribution < 1.29 is 16.8 Å². The molecule has 2 aliphatic rings. The number of aryl methyl sites for hydroxylation is 1. The van der Waals surface area contributed by atoms with Gasteiger partial charge in [0.15, 0.2) is 0 Å². The van der Waals surface area contributed by atoms with Crippen molar-refractivity contribution in [3.8, 4) is 0 Å². The summed E-state index contributed by atoms with van der Waals surface area (Å²) < 4.78 is 56.7. The standard InChI is InChI=1S/C29H29NO4S2/c1-21-13-15-25(16-14-21)36(33,34)30-19-23-17-22-9-7-8-12-27(22)29(2,3)18-26(23)28(20-30)35(31,32)24-10-5-4-6-11-24/h4-17H,18-20H2,1-3H3. The Balaban J connectivity index is 1.73. The Kier molecular flexibility index (Phi) is 6.06. The molecule has 1 aliphatic carbocycles. The summed E-state index contributed by atoms with van der Waals surface area (Å²) in [5.41, 5.74) is 4.16. The molecule has 5 nitrogen and oxygen atoms in total. The van der Waals surface area contributed by atoms with E-state index in [1.165, 1.54) is 4.31 Å². The number of nitrogens with zero attached hydrogens (tertiary/aromatic N) is 1. The van der Waals surface area contributed by atoms with Gasteiger partial charge in [0.2, 0.25) is 19.9 Å². The molecule has 0 N–H and O–H groups in total. The van der Waals surface area contributed by atoms with Crippen molar-refractivity contribution in [2.24, 2.45) is 0 Å². The topological polar surface area (TPSA) is 71.5 Å². The summed E-state index contributed by atoms with van der Waals surface area (Å²) in [4.78, 5) is 0.478. The Bertz CT molecular complexity index is 1600. The highest BCUT2D eigenvalue weighted by atomic mass is 32.2. The van der Waals surface area contributed by atoms with Crippen molar-refractivity contribution in [3.63, 3.8) is 0 Å². The maximum Gasteiger partial charge on any atom is 0.243 e. The van der Waals surface area contributed by atoms with Gasteiger partial charge in [0.25, 0.3) is 0 Å². The molecule has 0 amide bonds. The zero-order valence-electron chi connectivity index (χ0n) is 20.6. The molecular formula is C29H29NO4S2. The Hall–Kier alpha value is -3.00. The molecule has 1 aliphatic heterocycles. The molecule has 3 aromatic carbocycles. The average Bonchev–Trinajstić information content (AvgIpc) is 2.97. The maximum absolute atomic E-state index is 14.0. The summed E-state index contributed by atoms with van der Waals surface area (Å²) in [5.74, 6) is 0. The van der Waals surface area contributed by atoms with Crippen LogP contribution in [0.3, 0.4) is 0 Å². The fraction of sp³-hybridized carbons (Fsp3) is 0.241. The van der Waals surface area contributed by atoms with E-state index in [0.29, 0.717) is 6.42 Å². The predicted molar refractivity (Wildman–Crippen MR) is 143 cm³/mol. The Morgan fingerprint density at radius 2 is 1.39 bits per heavy atom. The molecule has 0 aromatic heterocycles. The second kappa shape index (κ2) is 8.83. The van der Waals surface area contributed by atoms with E-state index in [1.54, 1.807) is 54.6 Å². The second-order valence-corrected chi connectivity index (χ2v) is 14.0. The van der Waals surface area contributed by atoms with Gasteiger partial charge in [0.05, 0.1) is 21.2 Å². The summed E-state index contributed by atoms with van der Waals surface area (Å²) >= 11 is 0. The molecule has 0 spiro atoms. The fourth-order valence-electron chi connectivity index (χ4n) is 5.10. The van der Waals surface area contributed by atoms with Gasteiger partial charge in [-0.25, -0.2) is 16.8 Å². The van der Waals surface area contributed by atoms with Crippen LogP contribution < -0.4 is 0 Å². The molecule has 0 radical (unpaired) electrons. The summed E-state index contributed by atoms with van der Waals surface area (Å²) in [6.07, 6.45) is 2.46. The molecule has 0 saturated heterocycles. The minimum absolute atomic E-state index is 0.115. The van der Waals surface area contributed by atoms with Crippen molar-refractivity contribution in [1.29, 1.82) is 0 Å². The van der Waals surface area contributed by atoms with Crippen LogP contribution in [0, 0.1) is 6.92 Å². The first-order valence-electron chi connectivity index (χ1n) is 11.9. The molecule has 186 valence electrons. The Labute approximate surface area is 213 Å². The lowest BCUT2D eigenvalue weighted by atomic mass is 9.78. The number of sulfone groups is 1. The molecule has 0 atom stereocenters. The van der Waals surface area contributed by atoms with E-state index in [2.05, 4.69) is 19.9 Å². The van der Waals surface area contributed by atoms with Crippen LogP contribution in [0.2, 0.25) is 0 Å². The Morgan fingerprint density at radius 3 is 2.08 bits per heavy atom. The van der Waals surface area contributed by atoms with Crippen LogP contribution in [0.1, 0.15) is 37.0 Å². The molecule has 0 fully saturated rings. The minimum Gasteiger partial charge on any atom is -0.219 e. The summed E-state index contributed by atoms with van der Waals surface area (Å²) in [5, 5.41) is 0. The SMILES string of the molecule is Cc1ccc(S(=O)(=O)N2CC3=Cc4ccccc4C(C)(C)CC3=C(S(=O)(=O)c3ccccc3)C2)cc1. The maximum atomic E-state index is 14.0. The average molecular weight is 520 g/mol. The van der Waals surface area contributed by atoms with Gasteiger partial charge in [-0.1, -0.05) is 74.0 Å². The number of hydrogen-bond acceptors (Lipinski definition) is 4. The summed E-state index contributed by atoms with van der Waals surface area (Å²) in [7, 11) is -7.86. The van der Waals surface area contributed by atoms with Crippen LogP contribution in [-0.4, -0.2) is 34.2 Å². The van der Waals surface area contributed by atoms with E-state index in [4.69, 9.17) is 0 Å². The zero-order valence-corrected chi connectivity index (χ0v) is 22.2. The third-order valence-corrected chi connectivity index (χ3v) is 10.8. The molecule has 1 heterocycles. The van der Waals surface area contributed by atoms with Gasteiger partial charge in [-0.15, -0.1) is 0 Å². The van der Waals surface area contributed by atoms with Crippen molar-refractivity contribution in [1.82, 2.24) is 4.31 Å². The summed E-state index contributed by atoms with van der Waals surface area (Å²) in [6, 6.07) is 22.9. The quantitative estimate of drug-likeness (QED) is 0.457. The van der Waals surface area contributed by atoms with Crippen molar-refractivity contribution in [2.45, 2.75) is 42.4 Å². The Morgan fingerprint density at radius 1 is 0.750 bits per heavy atom. The van der Waals surface area contributed by atoms with Crippen LogP contribution in [0.15, 0.2) is 105 Å². The number of fused-ring (bicyclic) bond motifs is 2. The van der Waals surface area contributed by atoms with E-state index in [0.717, 1.165) is 27.8 Å². The third-order valence-electron chi connectivity index (χ3n) is 7.07. The van der Waals surface area contributed by atoms with E-state index >= 15 is 0 Å². The monoisotopic (exact) mass is 519 g/mol. The molecule has 36 heavy (non-hydrogen) atoms. The normalized spacial score (nSPS) is 18.1. The smallest absolute Gasteiger partial charge is 0.219 e. The van der Waals surface area contributed by atoms with Crippen molar-refractivity contribution in [2.75, 3.05) is 13.1 Å². The highest BCUT2D eigenvalue weighted by molar-refractivity contribution is 7.95. The van der Waals surface area contributed by atoms with Crippen molar-refractivity contribution in [3.05, 3.63) is 112 Å². The lowest BCUT2D eigenvalue weighted by molar-refractivity contribution is 0.445. The number of rotatable bonds is 4. The lowest BCUT2D eigenvalue weighted by Crippen LogP contribution is -2.40. The molecular weight excluding hydrogens is 490 g/mol. The highest BCUT2D eigenvalue weighted by Crippen LogP contribution is 2.44. The summed E-state index contributed by atoms with van der Waals surface area (Å²) in [6.45, 7) is 6.03. The van der Waals surface area contributed by atoms with Crippen LogP contribution in [0.25, 0.3) is 6.08 Å². The van der Waals surface area contributed by atoms with E-state index in [9.17, 15) is 16.8 Å². The van der Waals surface area contributed by atoms with Crippen LogP contribution in [0.5, 0.6) is 0 Å². The molecule has 0 bridgehead atoms. The predicted octanol–water partition coefficient (Wildman–Crippen LogP) is 5.49. The highest BCUT2D eigenvalue weighted by Gasteiger charge is 2.40. The number of hydrogen-bond donors (Lipinski definition) is 0. The van der Waals surface area contributed by atoms with Gasteiger partial charge in [0, 0.05) is 6.54 Å². The lowest BCUT2D eigenvalue weighted by Gasteiger charge is -2.34.